The molecule has 37 nitrogen and oxygen atoms in total. The van der Waals surface area contributed by atoms with Crippen LogP contribution in [0.15, 0.2) is 30.5 Å². The third kappa shape index (κ3) is 15.2. The van der Waals surface area contributed by atoms with Gasteiger partial charge in [0.15, 0.2) is 30.6 Å². The van der Waals surface area contributed by atoms with Gasteiger partial charge in [-0.25, -0.2) is 4.79 Å². The molecule has 1 aromatic heterocycles. The van der Waals surface area contributed by atoms with Gasteiger partial charge in [-0.1, -0.05) is 18.2 Å². The number of carbonyl (C=O) groups excluding carboxylic acids is 5. The second kappa shape index (κ2) is 29.4. The monoisotopic (exact) mass is 1250 g/mol. The maximum atomic E-state index is 14.4. The summed E-state index contributed by atoms with van der Waals surface area (Å²) >= 11 is 0. The van der Waals surface area contributed by atoms with Crippen LogP contribution in [0.2, 0.25) is 0 Å². The number of hydrogen-bond acceptors (Lipinski definition) is 28. The van der Waals surface area contributed by atoms with E-state index < -0.39 is 234 Å². The lowest BCUT2D eigenvalue weighted by Crippen LogP contribution is -2.78. The van der Waals surface area contributed by atoms with Crippen molar-refractivity contribution in [1.82, 2.24) is 31.2 Å². The summed E-state index contributed by atoms with van der Waals surface area (Å²) in [5.41, 5.74) is 3.93. The number of benzene rings is 1. The number of para-hydroxylation sites is 1. The van der Waals surface area contributed by atoms with Crippen LogP contribution in [-0.4, -0.2) is 320 Å². The van der Waals surface area contributed by atoms with Gasteiger partial charge in [0, 0.05) is 30.1 Å². The van der Waals surface area contributed by atoms with Crippen LogP contribution in [0.4, 0.5) is 0 Å². The number of aliphatic hydroxyl groups excluding tert-OH is 11. The Morgan fingerprint density at radius 1 is 0.724 bits per heavy atom. The van der Waals surface area contributed by atoms with Gasteiger partial charge in [-0.3, -0.25) is 33.6 Å². The number of likely N-dealkylation sites (tertiary alicyclic amines) is 1. The molecule has 23 atom stereocenters. The van der Waals surface area contributed by atoms with Crippen LogP contribution in [0.1, 0.15) is 24.8 Å². The van der Waals surface area contributed by atoms with Crippen LogP contribution in [0, 0.1) is 0 Å². The summed E-state index contributed by atoms with van der Waals surface area (Å²) in [4.78, 5) is 106. The Bertz CT molecular complexity index is 2760. The Labute approximate surface area is 490 Å². The Kier molecular flexibility index (Phi) is 23.0. The Morgan fingerprint density at radius 2 is 1.40 bits per heavy atom. The molecule has 0 aliphatic carbocycles. The predicted octanol–water partition coefficient (Wildman–Crippen LogP) is -11.8. The van der Waals surface area contributed by atoms with Crippen LogP contribution < -0.4 is 27.0 Å². The van der Waals surface area contributed by atoms with E-state index in [-0.39, 0.29) is 25.8 Å². The number of aromatic amines is 1. The van der Waals surface area contributed by atoms with Crippen molar-refractivity contribution in [1.29, 1.82) is 0 Å². The van der Waals surface area contributed by atoms with Gasteiger partial charge < -0.3 is 147 Å². The lowest BCUT2D eigenvalue weighted by molar-refractivity contribution is -0.398. The lowest BCUT2D eigenvalue weighted by atomic mass is 9.74. The van der Waals surface area contributed by atoms with Crippen molar-refractivity contribution in [3.63, 3.8) is 0 Å². The number of carboxylic acid groups (broad SMARTS) is 3. The first-order chi connectivity index (χ1) is 41.1. The minimum absolute atomic E-state index is 0.0143. The van der Waals surface area contributed by atoms with E-state index in [0.717, 1.165) is 4.90 Å². The Hall–Kier alpha value is -6.28. The highest BCUT2D eigenvalue weighted by Crippen LogP contribution is 2.41. The molecule has 2 aromatic rings. The number of hydrogen-bond donors (Lipinski definition) is 21. The Balaban J connectivity index is 0.938. The number of nitrogens with two attached hydrogens (primary N) is 1. The number of fused-ring (bicyclic) bond motifs is 1. The number of ether oxygens (including phenoxy) is 7. The molecule has 0 saturated carbocycles. The third-order valence-corrected chi connectivity index (χ3v) is 15.4. The van der Waals surface area contributed by atoms with E-state index in [1.165, 1.54) is 0 Å². The summed E-state index contributed by atoms with van der Waals surface area (Å²) < 4.78 is 38.4. The van der Waals surface area contributed by atoms with E-state index in [9.17, 15) is 110 Å². The van der Waals surface area contributed by atoms with Crippen molar-refractivity contribution in [2.75, 3.05) is 46.1 Å². The highest BCUT2D eigenvalue weighted by molar-refractivity contribution is 5.97. The number of amides is 5. The largest absolute Gasteiger partial charge is 0.481 e. The molecule has 5 amide bonds. The molecule has 5 aliphatic rings. The zero-order valence-corrected chi connectivity index (χ0v) is 45.7. The zero-order chi connectivity index (χ0) is 63.9. The molecule has 5 saturated heterocycles. The minimum Gasteiger partial charge on any atom is -0.481 e. The summed E-state index contributed by atoms with van der Waals surface area (Å²) in [6.45, 7) is -5.34. The molecule has 22 N–H and O–H groups in total. The molecule has 37 heteroatoms. The summed E-state index contributed by atoms with van der Waals surface area (Å²) in [6, 6.07) is 0.998. The number of aromatic nitrogens is 1. The first kappa shape index (κ1) is 68.2. The maximum Gasteiger partial charge on any atom is 0.335 e. The quantitative estimate of drug-likeness (QED) is 0.0439. The van der Waals surface area contributed by atoms with E-state index in [1.54, 1.807) is 30.5 Å². The number of rotatable bonds is 25. The van der Waals surface area contributed by atoms with Crippen molar-refractivity contribution in [2.24, 2.45) is 5.73 Å². The molecular formula is C50H71N7O30. The van der Waals surface area contributed by atoms with Crippen molar-refractivity contribution < 1.29 is 148 Å². The molecule has 5 aliphatic heterocycles. The summed E-state index contributed by atoms with van der Waals surface area (Å²) in [7, 11) is 0. The van der Waals surface area contributed by atoms with Gasteiger partial charge in [0.05, 0.1) is 39.4 Å². The van der Waals surface area contributed by atoms with Crippen molar-refractivity contribution in [2.45, 2.75) is 166 Å². The molecule has 0 spiro atoms. The lowest BCUT2D eigenvalue weighted by Gasteiger charge is -2.55. The van der Waals surface area contributed by atoms with Gasteiger partial charge in [0.25, 0.3) is 0 Å². The van der Waals surface area contributed by atoms with E-state index in [0.29, 0.717) is 16.5 Å². The molecule has 0 radical (unpaired) electrons. The van der Waals surface area contributed by atoms with E-state index in [2.05, 4.69) is 20.9 Å². The minimum atomic E-state index is -3.34. The standard InChI is InChI=1S/C50H71N7O30/c51-19(42(74)53-11-27(60)55-22(8-17-10-52-20-5-2-1-4-18(17)20)45(77)57-7-3-6-23(57)44(76)56-21(9-28(61)62)43(75)54-12-29(63)64)15-81-47-35(70)30(65)26(16-82-47)85-48-36(71)37(31(66)24(13-58)83-48)87-49-40(73)50(80,39(72)25(14-59)84-49)41-34(69)32(67)33(68)38(86-41)46(78)79/h1-2,4-5,10,19,21-26,30-41,47-49,52,58-59,65-73,80H,3,6-9,11-16,51H2,(H,53,74)(H,54,75)(H,55,60)(H,56,76)(H,61,62)(H,63,64)(H,78,79)/t19-,21-,22-,23-,24+,25+,26+,30-,31-,32-,33-,34+,35+,36+,37-,38-,39-,40-,41+,47+,48-,49-,50-/m0/s1. The Morgan fingerprint density at radius 3 is 2.07 bits per heavy atom. The number of carboxylic acids is 3. The number of aliphatic carboxylic acids is 3. The first-order valence-corrected chi connectivity index (χ1v) is 27.1. The van der Waals surface area contributed by atoms with Crippen molar-refractivity contribution in [3.8, 4) is 0 Å². The van der Waals surface area contributed by atoms with Gasteiger partial charge >= 0.3 is 17.9 Å². The van der Waals surface area contributed by atoms with Gasteiger partial charge in [0.2, 0.25) is 29.5 Å². The van der Waals surface area contributed by atoms with Gasteiger partial charge in [-0.15, -0.1) is 0 Å². The molecule has 5 fully saturated rings. The zero-order valence-electron chi connectivity index (χ0n) is 45.7. The number of nitrogens with one attached hydrogen (secondary N) is 5. The molecule has 0 unspecified atom stereocenters. The van der Waals surface area contributed by atoms with Crippen LogP contribution in [0.5, 0.6) is 0 Å². The van der Waals surface area contributed by atoms with Crippen LogP contribution >= 0.6 is 0 Å². The molecule has 486 valence electrons. The predicted molar refractivity (Wildman–Crippen MR) is 277 cm³/mol. The van der Waals surface area contributed by atoms with Gasteiger partial charge in [-0.05, 0) is 24.5 Å². The smallest absolute Gasteiger partial charge is 0.335 e. The van der Waals surface area contributed by atoms with Crippen molar-refractivity contribution in [3.05, 3.63) is 36.0 Å². The maximum absolute atomic E-state index is 14.4. The highest BCUT2D eigenvalue weighted by atomic mass is 16.8. The average molecular weight is 1250 g/mol. The molecule has 1 aromatic carbocycles. The second-order valence-electron chi connectivity index (χ2n) is 21.3. The molecular weight excluding hydrogens is 1180 g/mol. The summed E-state index contributed by atoms with van der Waals surface area (Å²) in [5, 5.41) is 168. The topological polar surface area (TPSA) is 598 Å². The van der Waals surface area contributed by atoms with Gasteiger partial charge in [0.1, 0.15) is 116 Å². The van der Waals surface area contributed by atoms with E-state index >= 15 is 0 Å². The average Bonchev–Trinajstić information content (AvgIpc) is 1.63. The van der Waals surface area contributed by atoms with E-state index in [1.807, 2.05) is 5.32 Å². The van der Waals surface area contributed by atoms with Crippen LogP contribution in [-0.2, 0) is 77.9 Å². The normalized spacial score (nSPS) is 35.6. The number of aliphatic hydroxyl groups is 12. The number of H-pyrrole nitrogens is 1. The fourth-order valence-electron chi connectivity index (χ4n) is 10.7. The SMILES string of the molecule is N[C@@H](CO[C@@H]1OC[C@@H](O[C@@H]2O[C@H](CO)[C@H](O)[C@H](O[C@@H]3O[C@H](CO)[C@H](O)[C@@](O)([C@@H]4O[C@H](C(=O)O)[C@@H](O)[C@H](O)[C@H]4O)[C@H]3O)[C@H]2O)[C@H](O)[C@H]1O)C(=O)NCC(=O)N[C@@H](Cc1c[nH]c2ccccc12)C(=O)N1CCC[C@H]1C(=O)N[C@@H](CC(=O)O)C(=O)NCC(=O)O. The highest BCUT2D eigenvalue weighted by Gasteiger charge is 2.66. The fourth-order valence-corrected chi connectivity index (χ4v) is 10.7. The molecule has 6 heterocycles. The number of nitrogens with zero attached hydrogens (tertiary/aromatic N) is 1. The molecule has 7 rings (SSSR count). The first-order valence-electron chi connectivity index (χ1n) is 27.1. The summed E-state index contributed by atoms with van der Waals surface area (Å²) in [5.74, 6) is -9.60. The molecule has 0 bridgehead atoms. The molecule has 87 heavy (non-hydrogen) atoms. The van der Waals surface area contributed by atoms with E-state index in [4.69, 9.17) is 44.0 Å². The fraction of sp³-hybridized carbons (Fsp3) is 0.680. The van der Waals surface area contributed by atoms with Crippen molar-refractivity contribution >= 4 is 58.3 Å². The van der Waals surface area contributed by atoms with Crippen LogP contribution in [0.3, 0.4) is 0 Å². The van der Waals surface area contributed by atoms with Gasteiger partial charge in [-0.2, -0.15) is 0 Å². The second-order valence-corrected chi connectivity index (χ2v) is 21.3. The summed E-state index contributed by atoms with van der Waals surface area (Å²) in [6.07, 6.45) is -38.2. The van der Waals surface area contributed by atoms with Crippen LogP contribution in [0.25, 0.3) is 10.9 Å². The third-order valence-electron chi connectivity index (χ3n) is 15.4. The number of carbonyl (C=O) groups is 8.